The molecule has 3 N–H and O–H groups in total. The molecule has 0 spiro atoms. The van der Waals surface area contributed by atoms with Crippen LogP contribution in [0.4, 0.5) is 15.8 Å². The Kier molecular flexibility index (Phi) is 4.67. The van der Waals surface area contributed by atoms with Gasteiger partial charge in [0.15, 0.2) is 0 Å². The van der Waals surface area contributed by atoms with Crippen molar-refractivity contribution >= 4 is 17.3 Å². The maximum Gasteiger partial charge on any atom is 0.337 e. The van der Waals surface area contributed by atoms with Crippen LogP contribution in [0.1, 0.15) is 24.2 Å². The van der Waals surface area contributed by atoms with Crippen molar-refractivity contribution in [2.24, 2.45) is 5.92 Å². The Bertz CT molecular complexity index is 526. The number of carboxylic acids is 1. The number of hydrogen-bond donors (Lipinski definition) is 2. The molecule has 0 unspecified atom stereocenters. The third kappa shape index (κ3) is 3.64. The van der Waals surface area contributed by atoms with Crippen molar-refractivity contribution in [3.8, 4) is 0 Å². The lowest BCUT2D eigenvalue weighted by Gasteiger charge is -2.37. The summed E-state index contributed by atoms with van der Waals surface area (Å²) in [6.07, 6.45) is 0. The Morgan fingerprint density at radius 2 is 1.95 bits per heavy atom. The van der Waals surface area contributed by atoms with Crippen LogP contribution in [-0.2, 0) is 0 Å². The number of hydrogen-bond acceptors (Lipinski definition) is 4. The fraction of sp³-hybridized carbons (Fsp3) is 0.533. The van der Waals surface area contributed by atoms with Crippen molar-refractivity contribution < 1.29 is 14.3 Å². The van der Waals surface area contributed by atoms with E-state index in [1.165, 1.54) is 6.07 Å². The van der Waals surface area contributed by atoms with E-state index in [0.29, 0.717) is 24.7 Å². The van der Waals surface area contributed by atoms with Gasteiger partial charge in [-0.25, -0.2) is 9.18 Å². The van der Waals surface area contributed by atoms with Crippen molar-refractivity contribution in [2.45, 2.75) is 13.8 Å². The highest BCUT2D eigenvalue weighted by molar-refractivity contribution is 5.95. The van der Waals surface area contributed by atoms with Crippen LogP contribution in [0.3, 0.4) is 0 Å². The first-order valence-corrected chi connectivity index (χ1v) is 7.18. The predicted molar refractivity (Wildman–Crippen MR) is 81.3 cm³/mol. The largest absolute Gasteiger partial charge is 0.478 e. The van der Waals surface area contributed by atoms with Gasteiger partial charge in [0.1, 0.15) is 5.82 Å². The maximum absolute atomic E-state index is 14.1. The van der Waals surface area contributed by atoms with Gasteiger partial charge in [-0.05, 0) is 18.1 Å². The number of nitrogen functional groups attached to an aromatic ring is 1. The van der Waals surface area contributed by atoms with Gasteiger partial charge in [-0.1, -0.05) is 13.8 Å². The Labute approximate surface area is 124 Å². The molecule has 1 aliphatic rings. The quantitative estimate of drug-likeness (QED) is 0.830. The van der Waals surface area contributed by atoms with Crippen molar-refractivity contribution in [3.63, 3.8) is 0 Å². The molecule has 0 aromatic heterocycles. The molecule has 5 nitrogen and oxygen atoms in total. The van der Waals surface area contributed by atoms with E-state index in [1.807, 2.05) is 4.90 Å². The van der Waals surface area contributed by atoms with E-state index in [1.54, 1.807) is 0 Å². The molecule has 2 rings (SSSR count). The lowest BCUT2D eigenvalue weighted by Crippen LogP contribution is -2.47. The van der Waals surface area contributed by atoms with Crippen molar-refractivity contribution in [2.75, 3.05) is 43.4 Å². The molecule has 0 bridgehead atoms. The predicted octanol–water partition coefficient (Wildman–Crippen LogP) is 1.88. The van der Waals surface area contributed by atoms with Crippen LogP contribution in [0, 0.1) is 11.7 Å². The molecule has 6 heteroatoms. The van der Waals surface area contributed by atoms with E-state index in [2.05, 4.69) is 18.7 Å². The van der Waals surface area contributed by atoms with Gasteiger partial charge >= 0.3 is 5.97 Å². The second-order valence-electron chi connectivity index (χ2n) is 5.88. The zero-order valence-corrected chi connectivity index (χ0v) is 12.5. The molecule has 116 valence electrons. The molecule has 0 saturated carbocycles. The summed E-state index contributed by atoms with van der Waals surface area (Å²) in [6.45, 7) is 8.45. The van der Waals surface area contributed by atoms with E-state index >= 15 is 0 Å². The van der Waals surface area contributed by atoms with Crippen LogP contribution in [0.5, 0.6) is 0 Å². The molecule has 0 aliphatic carbocycles. The molecule has 1 saturated heterocycles. The van der Waals surface area contributed by atoms with Crippen molar-refractivity contribution in [1.29, 1.82) is 0 Å². The van der Waals surface area contributed by atoms with Gasteiger partial charge in [-0.2, -0.15) is 0 Å². The molecule has 1 aromatic carbocycles. The maximum atomic E-state index is 14.1. The Morgan fingerprint density at radius 1 is 1.33 bits per heavy atom. The Hall–Kier alpha value is -1.82. The average Bonchev–Trinajstić information content (AvgIpc) is 2.39. The summed E-state index contributed by atoms with van der Waals surface area (Å²) >= 11 is 0. The molecule has 0 amide bonds. The van der Waals surface area contributed by atoms with Crippen LogP contribution in [0.2, 0.25) is 0 Å². The molecule has 0 atom stereocenters. The SMILES string of the molecule is CC(C)CN1CCN(c2cc(C(=O)O)c(N)cc2F)CC1. The second-order valence-corrected chi connectivity index (χ2v) is 5.88. The number of carbonyl (C=O) groups is 1. The summed E-state index contributed by atoms with van der Waals surface area (Å²) in [6, 6.07) is 2.43. The normalized spacial score (nSPS) is 16.5. The van der Waals surface area contributed by atoms with Gasteiger partial charge in [0.2, 0.25) is 0 Å². The molecule has 1 aliphatic heterocycles. The van der Waals surface area contributed by atoms with Crippen LogP contribution in [0.15, 0.2) is 12.1 Å². The van der Waals surface area contributed by atoms with Crippen molar-refractivity contribution in [3.05, 3.63) is 23.5 Å². The second kappa shape index (κ2) is 6.30. The molecule has 21 heavy (non-hydrogen) atoms. The Balaban J connectivity index is 2.13. The number of aromatic carboxylic acids is 1. The first-order valence-electron chi connectivity index (χ1n) is 7.18. The molecular weight excluding hydrogens is 273 g/mol. The number of carboxylic acid groups (broad SMARTS) is 1. The number of nitrogens with two attached hydrogens (primary N) is 1. The molecule has 1 heterocycles. The van der Waals surface area contributed by atoms with Gasteiger partial charge in [-0.15, -0.1) is 0 Å². The number of benzene rings is 1. The Morgan fingerprint density at radius 3 is 2.48 bits per heavy atom. The van der Waals surface area contributed by atoms with E-state index in [-0.39, 0.29) is 11.3 Å². The zero-order valence-electron chi connectivity index (χ0n) is 12.5. The standard InChI is InChI=1S/C15H22FN3O2/c1-10(2)9-18-3-5-19(6-4-18)14-7-11(15(20)21)13(17)8-12(14)16/h7-8,10H,3-6,9,17H2,1-2H3,(H,20,21). The van der Waals surface area contributed by atoms with Crippen LogP contribution in [-0.4, -0.2) is 48.7 Å². The smallest absolute Gasteiger partial charge is 0.337 e. The summed E-state index contributed by atoms with van der Waals surface area (Å²) in [4.78, 5) is 15.3. The van der Waals surface area contributed by atoms with E-state index in [4.69, 9.17) is 10.8 Å². The topological polar surface area (TPSA) is 69.8 Å². The third-order valence-electron chi connectivity index (χ3n) is 3.69. The fourth-order valence-electron chi connectivity index (χ4n) is 2.69. The van der Waals surface area contributed by atoms with Gasteiger partial charge in [-0.3, -0.25) is 4.90 Å². The number of halogens is 1. The molecular formula is C15H22FN3O2. The van der Waals surface area contributed by atoms with Gasteiger partial charge in [0, 0.05) is 38.4 Å². The number of anilines is 2. The first kappa shape index (κ1) is 15.6. The fourth-order valence-corrected chi connectivity index (χ4v) is 2.69. The average molecular weight is 295 g/mol. The van der Waals surface area contributed by atoms with Crippen LogP contribution >= 0.6 is 0 Å². The zero-order chi connectivity index (χ0) is 15.6. The molecule has 0 radical (unpaired) electrons. The number of nitrogens with zero attached hydrogens (tertiary/aromatic N) is 2. The summed E-state index contributed by atoms with van der Waals surface area (Å²) in [5.41, 5.74) is 5.79. The lowest BCUT2D eigenvalue weighted by atomic mass is 10.1. The van der Waals surface area contributed by atoms with E-state index < -0.39 is 11.8 Å². The van der Waals surface area contributed by atoms with Crippen LogP contribution in [0.25, 0.3) is 0 Å². The van der Waals surface area contributed by atoms with Crippen molar-refractivity contribution in [1.82, 2.24) is 4.90 Å². The number of piperazine rings is 1. The minimum Gasteiger partial charge on any atom is -0.478 e. The van der Waals surface area contributed by atoms with E-state index in [0.717, 1.165) is 25.7 Å². The lowest BCUT2D eigenvalue weighted by molar-refractivity contribution is 0.0698. The van der Waals surface area contributed by atoms with Crippen LogP contribution < -0.4 is 10.6 Å². The minimum atomic E-state index is -1.13. The molecule has 1 aromatic rings. The monoisotopic (exact) mass is 295 g/mol. The van der Waals surface area contributed by atoms with Gasteiger partial charge in [0.05, 0.1) is 11.3 Å². The molecule has 1 fully saturated rings. The third-order valence-corrected chi connectivity index (χ3v) is 3.69. The highest BCUT2D eigenvalue weighted by Crippen LogP contribution is 2.26. The summed E-state index contributed by atoms with van der Waals surface area (Å²) in [5.74, 6) is -0.995. The summed E-state index contributed by atoms with van der Waals surface area (Å²) in [7, 11) is 0. The van der Waals surface area contributed by atoms with E-state index in [9.17, 15) is 9.18 Å². The van der Waals surface area contributed by atoms with Gasteiger partial charge < -0.3 is 15.7 Å². The summed E-state index contributed by atoms with van der Waals surface area (Å²) in [5, 5.41) is 9.09. The highest BCUT2D eigenvalue weighted by Gasteiger charge is 2.22. The highest BCUT2D eigenvalue weighted by atomic mass is 19.1. The first-order chi connectivity index (χ1) is 9.88. The van der Waals surface area contributed by atoms with Gasteiger partial charge in [0.25, 0.3) is 0 Å². The minimum absolute atomic E-state index is 0.0396. The summed E-state index contributed by atoms with van der Waals surface area (Å²) < 4.78 is 14.1. The number of rotatable bonds is 4.